The van der Waals surface area contributed by atoms with Crippen LogP contribution in [0.4, 0.5) is 5.69 Å². The highest BCUT2D eigenvalue weighted by Gasteiger charge is 2.13. The molecule has 0 aliphatic rings. The molecule has 0 radical (unpaired) electrons. The lowest BCUT2D eigenvalue weighted by atomic mass is 10.2. The molecule has 0 aromatic heterocycles. The summed E-state index contributed by atoms with van der Waals surface area (Å²) >= 11 is 0. The van der Waals surface area contributed by atoms with Crippen LogP contribution in [0.25, 0.3) is 0 Å². The van der Waals surface area contributed by atoms with Crippen LogP contribution in [0.2, 0.25) is 0 Å². The summed E-state index contributed by atoms with van der Waals surface area (Å²) in [5.41, 5.74) is 6.32. The first-order valence-corrected chi connectivity index (χ1v) is 7.43. The summed E-state index contributed by atoms with van der Waals surface area (Å²) in [6, 6.07) is 7.16. The number of ether oxygens (including phenoxy) is 1. The van der Waals surface area contributed by atoms with Crippen molar-refractivity contribution in [1.29, 1.82) is 0 Å². The van der Waals surface area contributed by atoms with Crippen LogP contribution in [0.5, 0.6) is 5.75 Å². The van der Waals surface area contributed by atoms with Crippen LogP contribution in [-0.2, 0) is 4.79 Å². The van der Waals surface area contributed by atoms with Crippen molar-refractivity contribution in [3.63, 3.8) is 0 Å². The zero-order valence-corrected chi connectivity index (χ0v) is 12.6. The number of nitrogen functional groups attached to an aromatic ring is 1. The van der Waals surface area contributed by atoms with Gasteiger partial charge in [-0.2, -0.15) is 0 Å². The molecule has 4 heteroatoms. The fraction of sp³-hybridized carbons (Fsp3) is 0.562. The van der Waals surface area contributed by atoms with E-state index in [4.69, 9.17) is 10.5 Å². The van der Waals surface area contributed by atoms with Gasteiger partial charge < -0.3 is 15.4 Å². The number of carbonyl (C=O) groups excluding carboxylic acids is 1. The predicted molar refractivity (Wildman–Crippen MR) is 82.7 cm³/mol. The summed E-state index contributed by atoms with van der Waals surface area (Å²) in [4.78, 5) is 14.1. The number of benzene rings is 1. The Bertz CT molecular complexity index is 399. The van der Waals surface area contributed by atoms with E-state index in [0.717, 1.165) is 38.8 Å². The third-order valence-corrected chi connectivity index (χ3v) is 3.14. The number of nitrogens with zero attached hydrogens (tertiary/aromatic N) is 1. The van der Waals surface area contributed by atoms with Gasteiger partial charge in [-0.3, -0.25) is 4.79 Å². The van der Waals surface area contributed by atoms with Crippen molar-refractivity contribution in [2.45, 2.75) is 39.5 Å². The molecule has 0 saturated carbocycles. The maximum Gasteiger partial charge on any atom is 0.260 e. The number of rotatable bonds is 9. The Hall–Kier alpha value is -1.71. The minimum Gasteiger partial charge on any atom is -0.484 e. The Morgan fingerprint density at radius 1 is 1.20 bits per heavy atom. The molecule has 1 amide bonds. The maximum atomic E-state index is 12.2. The van der Waals surface area contributed by atoms with E-state index in [9.17, 15) is 4.79 Å². The lowest BCUT2D eigenvalue weighted by molar-refractivity contribution is -0.133. The number of anilines is 1. The monoisotopic (exact) mass is 278 g/mol. The van der Waals surface area contributed by atoms with Gasteiger partial charge in [0.2, 0.25) is 0 Å². The first kappa shape index (κ1) is 16.3. The number of hydrogen-bond acceptors (Lipinski definition) is 3. The van der Waals surface area contributed by atoms with Crippen molar-refractivity contribution >= 4 is 11.6 Å². The molecule has 0 aliphatic carbocycles. The third kappa shape index (κ3) is 5.95. The van der Waals surface area contributed by atoms with Crippen molar-refractivity contribution in [3.05, 3.63) is 24.3 Å². The Morgan fingerprint density at radius 2 is 1.85 bits per heavy atom. The van der Waals surface area contributed by atoms with E-state index in [1.165, 1.54) is 0 Å². The van der Waals surface area contributed by atoms with Gasteiger partial charge >= 0.3 is 0 Å². The summed E-state index contributed by atoms with van der Waals surface area (Å²) in [5.74, 6) is 0.693. The minimum atomic E-state index is 0.0503. The van der Waals surface area contributed by atoms with Crippen LogP contribution in [0.15, 0.2) is 24.3 Å². The zero-order valence-electron chi connectivity index (χ0n) is 12.6. The summed E-state index contributed by atoms with van der Waals surface area (Å²) in [6.07, 6.45) is 4.25. The molecule has 0 bridgehead atoms. The lowest BCUT2D eigenvalue weighted by Gasteiger charge is -2.22. The first-order valence-electron chi connectivity index (χ1n) is 7.43. The highest BCUT2D eigenvalue weighted by atomic mass is 16.5. The number of carbonyl (C=O) groups is 1. The van der Waals surface area contributed by atoms with E-state index in [-0.39, 0.29) is 12.5 Å². The predicted octanol–water partition coefficient (Wildman–Crippen LogP) is 3.08. The Balaban J connectivity index is 2.47. The standard InChI is InChI=1S/C16H26N2O2/c1-3-5-10-18(11-6-4-2)16(19)13-20-15-9-7-8-14(17)12-15/h7-9,12H,3-6,10-11,13,17H2,1-2H3. The molecule has 1 aromatic carbocycles. The van der Waals surface area contributed by atoms with Crippen molar-refractivity contribution in [2.75, 3.05) is 25.4 Å². The van der Waals surface area contributed by atoms with Gasteiger partial charge in [-0.15, -0.1) is 0 Å². The SMILES string of the molecule is CCCCN(CCCC)C(=O)COc1cccc(N)c1. The molecular weight excluding hydrogens is 252 g/mol. The highest BCUT2D eigenvalue weighted by molar-refractivity contribution is 5.77. The molecule has 0 atom stereocenters. The molecular formula is C16H26N2O2. The normalized spacial score (nSPS) is 10.3. The summed E-state index contributed by atoms with van der Waals surface area (Å²) < 4.78 is 5.52. The van der Waals surface area contributed by atoms with E-state index in [1.54, 1.807) is 12.1 Å². The summed E-state index contributed by atoms with van der Waals surface area (Å²) in [6.45, 7) is 5.97. The largest absolute Gasteiger partial charge is 0.484 e. The van der Waals surface area contributed by atoms with Gasteiger partial charge in [-0.05, 0) is 25.0 Å². The van der Waals surface area contributed by atoms with Crippen LogP contribution in [0.3, 0.4) is 0 Å². The van der Waals surface area contributed by atoms with E-state index in [0.29, 0.717) is 11.4 Å². The molecule has 20 heavy (non-hydrogen) atoms. The topological polar surface area (TPSA) is 55.6 Å². The minimum absolute atomic E-state index is 0.0503. The van der Waals surface area contributed by atoms with Crippen molar-refractivity contribution < 1.29 is 9.53 Å². The molecule has 112 valence electrons. The van der Waals surface area contributed by atoms with Crippen LogP contribution >= 0.6 is 0 Å². The molecule has 1 rings (SSSR count). The fourth-order valence-corrected chi connectivity index (χ4v) is 1.90. The van der Waals surface area contributed by atoms with E-state index < -0.39 is 0 Å². The molecule has 1 aromatic rings. The second-order valence-corrected chi connectivity index (χ2v) is 4.95. The van der Waals surface area contributed by atoms with Gasteiger partial charge in [0, 0.05) is 24.8 Å². The van der Waals surface area contributed by atoms with Gasteiger partial charge in [0.1, 0.15) is 5.75 Å². The van der Waals surface area contributed by atoms with E-state index in [1.807, 2.05) is 17.0 Å². The van der Waals surface area contributed by atoms with Gasteiger partial charge in [-0.25, -0.2) is 0 Å². The second kappa shape index (κ2) is 9.23. The van der Waals surface area contributed by atoms with Crippen LogP contribution in [0, 0.1) is 0 Å². The Morgan fingerprint density at radius 3 is 2.40 bits per heavy atom. The average molecular weight is 278 g/mol. The van der Waals surface area contributed by atoms with E-state index in [2.05, 4.69) is 13.8 Å². The van der Waals surface area contributed by atoms with Crippen molar-refractivity contribution in [2.24, 2.45) is 0 Å². The summed E-state index contributed by atoms with van der Waals surface area (Å²) in [5, 5.41) is 0. The smallest absolute Gasteiger partial charge is 0.260 e. The first-order chi connectivity index (χ1) is 9.67. The molecule has 0 spiro atoms. The third-order valence-electron chi connectivity index (χ3n) is 3.14. The average Bonchev–Trinajstić information content (AvgIpc) is 2.45. The molecule has 2 N–H and O–H groups in total. The van der Waals surface area contributed by atoms with Crippen molar-refractivity contribution in [3.8, 4) is 5.75 Å². The van der Waals surface area contributed by atoms with Crippen LogP contribution in [0.1, 0.15) is 39.5 Å². The van der Waals surface area contributed by atoms with Gasteiger partial charge in [0.05, 0.1) is 0 Å². The van der Waals surface area contributed by atoms with Gasteiger partial charge in [0.15, 0.2) is 6.61 Å². The lowest BCUT2D eigenvalue weighted by Crippen LogP contribution is -2.36. The Kier molecular flexibility index (Phi) is 7.55. The number of unbranched alkanes of at least 4 members (excludes halogenated alkanes) is 2. The van der Waals surface area contributed by atoms with Crippen LogP contribution in [-0.4, -0.2) is 30.5 Å². The highest BCUT2D eigenvalue weighted by Crippen LogP contribution is 2.14. The zero-order chi connectivity index (χ0) is 14.8. The summed E-state index contributed by atoms with van der Waals surface area (Å²) in [7, 11) is 0. The van der Waals surface area contributed by atoms with Gasteiger partial charge in [-0.1, -0.05) is 32.8 Å². The van der Waals surface area contributed by atoms with E-state index >= 15 is 0 Å². The number of hydrogen-bond donors (Lipinski definition) is 1. The molecule has 4 nitrogen and oxygen atoms in total. The number of amides is 1. The molecule has 0 aliphatic heterocycles. The van der Waals surface area contributed by atoms with Crippen molar-refractivity contribution in [1.82, 2.24) is 4.90 Å². The molecule has 0 fully saturated rings. The molecule has 0 heterocycles. The van der Waals surface area contributed by atoms with Crippen LogP contribution < -0.4 is 10.5 Å². The molecule has 0 saturated heterocycles. The van der Waals surface area contributed by atoms with Gasteiger partial charge in [0.25, 0.3) is 5.91 Å². The Labute approximate surface area is 121 Å². The number of nitrogens with two attached hydrogens (primary N) is 1. The second-order valence-electron chi connectivity index (χ2n) is 4.95. The molecule has 0 unspecified atom stereocenters. The maximum absolute atomic E-state index is 12.2. The fourth-order valence-electron chi connectivity index (χ4n) is 1.90. The quantitative estimate of drug-likeness (QED) is 0.706.